The van der Waals surface area contributed by atoms with Crippen molar-refractivity contribution in [3.63, 3.8) is 0 Å². The van der Waals surface area contributed by atoms with Gasteiger partial charge in [-0.05, 0) is 63.0 Å². The standard InChI is InChI=1S/C14H18N2O/c1-10-5-13(4-3-12(10)8-15)17-14-6-11(7-14)9-16-2/h3-5,11,14,16H,6-7,9H2,1-2H3. The number of benzene rings is 1. The van der Waals surface area contributed by atoms with Crippen molar-refractivity contribution in [3.8, 4) is 11.8 Å². The van der Waals surface area contributed by atoms with Gasteiger partial charge in [0.2, 0.25) is 0 Å². The van der Waals surface area contributed by atoms with Gasteiger partial charge >= 0.3 is 0 Å². The van der Waals surface area contributed by atoms with Crippen molar-refractivity contribution in [2.45, 2.75) is 25.9 Å². The molecule has 1 aromatic carbocycles. The van der Waals surface area contributed by atoms with Crippen molar-refractivity contribution in [2.24, 2.45) is 5.92 Å². The van der Waals surface area contributed by atoms with E-state index in [9.17, 15) is 0 Å². The molecule has 0 atom stereocenters. The van der Waals surface area contributed by atoms with Crippen LogP contribution in [-0.4, -0.2) is 19.7 Å². The van der Waals surface area contributed by atoms with Crippen LogP contribution in [0, 0.1) is 24.2 Å². The number of nitrogens with zero attached hydrogens (tertiary/aromatic N) is 1. The highest BCUT2D eigenvalue weighted by Gasteiger charge is 2.30. The van der Waals surface area contributed by atoms with Gasteiger partial charge in [0, 0.05) is 0 Å². The molecule has 0 aliphatic heterocycles. The molecule has 0 bridgehead atoms. The second kappa shape index (κ2) is 5.20. The van der Waals surface area contributed by atoms with E-state index < -0.39 is 0 Å². The molecule has 90 valence electrons. The molecule has 3 heteroatoms. The van der Waals surface area contributed by atoms with Gasteiger partial charge in [0.25, 0.3) is 0 Å². The maximum Gasteiger partial charge on any atom is 0.120 e. The third-order valence-electron chi connectivity index (χ3n) is 3.31. The average Bonchev–Trinajstić information content (AvgIpc) is 2.26. The lowest BCUT2D eigenvalue weighted by atomic mass is 9.82. The van der Waals surface area contributed by atoms with E-state index in [1.165, 1.54) is 0 Å². The number of rotatable bonds is 4. The first-order chi connectivity index (χ1) is 8.22. The lowest BCUT2D eigenvalue weighted by Crippen LogP contribution is -2.38. The Balaban J connectivity index is 1.89. The first-order valence-corrected chi connectivity index (χ1v) is 6.05. The monoisotopic (exact) mass is 230 g/mol. The van der Waals surface area contributed by atoms with Gasteiger partial charge in [0.15, 0.2) is 0 Å². The molecule has 1 aromatic rings. The largest absolute Gasteiger partial charge is 0.490 e. The number of nitrogens with one attached hydrogen (secondary N) is 1. The number of ether oxygens (including phenoxy) is 1. The molecule has 1 N–H and O–H groups in total. The fraction of sp³-hybridized carbons (Fsp3) is 0.500. The smallest absolute Gasteiger partial charge is 0.120 e. The number of hydrogen-bond donors (Lipinski definition) is 1. The van der Waals surface area contributed by atoms with Gasteiger partial charge in [-0.2, -0.15) is 5.26 Å². The van der Waals surface area contributed by atoms with Crippen molar-refractivity contribution in [2.75, 3.05) is 13.6 Å². The van der Waals surface area contributed by atoms with Crippen molar-refractivity contribution in [1.82, 2.24) is 5.32 Å². The fourth-order valence-electron chi connectivity index (χ4n) is 2.25. The molecule has 2 rings (SSSR count). The Morgan fingerprint density at radius 3 is 2.82 bits per heavy atom. The van der Waals surface area contributed by atoms with E-state index in [1.54, 1.807) is 0 Å². The van der Waals surface area contributed by atoms with Gasteiger partial charge in [-0.3, -0.25) is 0 Å². The Morgan fingerprint density at radius 2 is 2.24 bits per heavy atom. The van der Waals surface area contributed by atoms with Crippen LogP contribution in [0.25, 0.3) is 0 Å². The number of hydrogen-bond acceptors (Lipinski definition) is 3. The van der Waals surface area contributed by atoms with E-state index in [0.29, 0.717) is 6.10 Å². The fourth-order valence-corrected chi connectivity index (χ4v) is 2.25. The molecular weight excluding hydrogens is 212 g/mol. The van der Waals surface area contributed by atoms with Crippen LogP contribution < -0.4 is 10.1 Å². The summed E-state index contributed by atoms with van der Waals surface area (Å²) in [6.45, 7) is 3.02. The van der Waals surface area contributed by atoms with Crippen LogP contribution in [0.4, 0.5) is 0 Å². The summed E-state index contributed by atoms with van der Waals surface area (Å²) >= 11 is 0. The number of nitriles is 1. The minimum absolute atomic E-state index is 0.348. The highest BCUT2D eigenvalue weighted by molar-refractivity contribution is 5.41. The molecule has 0 radical (unpaired) electrons. The summed E-state index contributed by atoms with van der Waals surface area (Å²) < 4.78 is 5.87. The zero-order valence-electron chi connectivity index (χ0n) is 10.4. The van der Waals surface area contributed by atoms with E-state index in [-0.39, 0.29) is 0 Å². The first kappa shape index (κ1) is 11.9. The second-order valence-electron chi connectivity index (χ2n) is 4.72. The zero-order chi connectivity index (χ0) is 12.3. The zero-order valence-corrected chi connectivity index (χ0v) is 10.4. The quantitative estimate of drug-likeness (QED) is 0.862. The summed E-state index contributed by atoms with van der Waals surface area (Å²) in [5.41, 5.74) is 1.70. The Bertz CT molecular complexity index is 430. The Hall–Kier alpha value is -1.53. The molecule has 3 nitrogen and oxygen atoms in total. The summed E-state index contributed by atoms with van der Waals surface area (Å²) in [5, 5.41) is 12.0. The third kappa shape index (κ3) is 2.78. The van der Waals surface area contributed by atoms with Crippen LogP contribution >= 0.6 is 0 Å². The predicted molar refractivity (Wildman–Crippen MR) is 67.0 cm³/mol. The van der Waals surface area contributed by atoms with Crippen LogP contribution in [-0.2, 0) is 0 Å². The molecule has 0 saturated heterocycles. The van der Waals surface area contributed by atoms with E-state index >= 15 is 0 Å². The van der Waals surface area contributed by atoms with E-state index in [2.05, 4.69) is 11.4 Å². The molecule has 1 fully saturated rings. The predicted octanol–water partition coefficient (Wildman–Crippen LogP) is 2.24. The highest BCUT2D eigenvalue weighted by Crippen LogP contribution is 2.31. The molecular formula is C14H18N2O. The van der Waals surface area contributed by atoms with E-state index in [0.717, 1.165) is 42.2 Å². The van der Waals surface area contributed by atoms with Crippen molar-refractivity contribution in [3.05, 3.63) is 29.3 Å². The maximum absolute atomic E-state index is 8.84. The molecule has 1 saturated carbocycles. The molecule has 0 spiro atoms. The van der Waals surface area contributed by atoms with Gasteiger partial charge in [-0.25, -0.2) is 0 Å². The van der Waals surface area contributed by atoms with Gasteiger partial charge in [-0.1, -0.05) is 0 Å². The van der Waals surface area contributed by atoms with Crippen LogP contribution in [0.5, 0.6) is 5.75 Å². The number of aryl methyl sites for hydroxylation is 1. The van der Waals surface area contributed by atoms with Crippen LogP contribution in [0.3, 0.4) is 0 Å². The van der Waals surface area contributed by atoms with Crippen LogP contribution in [0.1, 0.15) is 24.0 Å². The third-order valence-corrected chi connectivity index (χ3v) is 3.31. The summed E-state index contributed by atoms with van der Waals surface area (Å²) in [7, 11) is 1.98. The minimum Gasteiger partial charge on any atom is -0.490 e. The lowest BCUT2D eigenvalue weighted by molar-refractivity contribution is 0.0657. The van der Waals surface area contributed by atoms with Gasteiger partial charge < -0.3 is 10.1 Å². The van der Waals surface area contributed by atoms with Gasteiger partial charge in [0.1, 0.15) is 5.75 Å². The van der Waals surface area contributed by atoms with Crippen molar-refractivity contribution < 1.29 is 4.74 Å². The van der Waals surface area contributed by atoms with Crippen LogP contribution in [0.15, 0.2) is 18.2 Å². The lowest BCUT2D eigenvalue weighted by Gasteiger charge is -2.35. The van der Waals surface area contributed by atoms with E-state index in [4.69, 9.17) is 10.00 Å². The topological polar surface area (TPSA) is 45.0 Å². The molecule has 1 aliphatic rings. The SMILES string of the molecule is CNCC1CC(Oc2ccc(C#N)c(C)c2)C1. The van der Waals surface area contributed by atoms with Crippen LogP contribution in [0.2, 0.25) is 0 Å². The summed E-state index contributed by atoms with van der Waals surface area (Å²) in [6.07, 6.45) is 2.60. The highest BCUT2D eigenvalue weighted by atomic mass is 16.5. The van der Waals surface area contributed by atoms with E-state index in [1.807, 2.05) is 32.2 Å². The molecule has 1 aliphatic carbocycles. The average molecular weight is 230 g/mol. The normalized spacial score (nSPS) is 22.6. The van der Waals surface area contributed by atoms with Crippen molar-refractivity contribution >= 4 is 0 Å². The molecule has 0 aromatic heterocycles. The summed E-state index contributed by atoms with van der Waals surface area (Å²) in [4.78, 5) is 0. The molecule has 17 heavy (non-hydrogen) atoms. The first-order valence-electron chi connectivity index (χ1n) is 6.05. The van der Waals surface area contributed by atoms with Crippen molar-refractivity contribution in [1.29, 1.82) is 5.26 Å². The van der Waals surface area contributed by atoms with Gasteiger partial charge in [-0.15, -0.1) is 0 Å². The summed E-state index contributed by atoms with van der Waals surface area (Å²) in [6, 6.07) is 7.83. The molecule has 0 amide bonds. The summed E-state index contributed by atoms with van der Waals surface area (Å²) in [5.74, 6) is 1.64. The Kier molecular flexibility index (Phi) is 3.65. The Morgan fingerprint density at radius 1 is 1.47 bits per heavy atom. The maximum atomic E-state index is 8.84. The Labute approximate surface area is 102 Å². The molecule has 0 unspecified atom stereocenters. The second-order valence-corrected chi connectivity index (χ2v) is 4.72. The minimum atomic E-state index is 0.348. The molecule has 0 heterocycles. The van der Waals surface area contributed by atoms with Gasteiger partial charge in [0.05, 0.1) is 17.7 Å².